The lowest BCUT2D eigenvalue weighted by molar-refractivity contribution is -0.385. The molecule has 1 unspecified atom stereocenters. The second kappa shape index (κ2) is 7.68. The number of nitro benzene ring substituents is 1. The van der Waals surface area contributed by atoms with E-state index in [0.29, 0.717) is 11.4 Å². The first-order valence-corrected chi connectivity index (χ1v) is 7.77. The maximum Gasteiger partial charge on any atom is 0.511 e. The van der Waals surface area contributed by atoms with Gasteiger partial charge in [0.15, 0.2) is 0 Å². The first kappa shape index (κ1) is 19.0. The normalized spacial score (nSPS) is 16.8. The highest BCUT2D eigenvalue weighted by molar-refractivity contribution is 5.93. The molecule has 9 heteroatoms. The molecule has 0 amide bonds. The van der Waals surface area contributed by atoms with Crippen LogP contribution in [0.15, 0.2) is 47.0 Å². The summed E-state index contributed by atoms with van der Waals surface area (Å²) in [4.78, 5) is 34.5. The van der Waals surface area contributed by atoms with Crippen molar-refractivity contribution in [2.45, 2.75) is 26.7 Å². The van der Waals surface area contributed by atoms with Crippen LogP contribution in [-0.2, 0) is 14.3 Å². The highest BCUT2D eigenvalue weighted by Gasteiger charge is 2.39. The molecule has 0 aromatic heterocycles. The Morgan fingerprint density at radius 3 is 2.50 bits per heavy atom. The molecule has 26 heavy (non-hydrogen) atoms. The van der Waals surface area contributed by atoms with Gasteiger partial charge in [0.2, 0.25) is 0 Å². The van der Waals surface area contributed by atoms with Crippen molar-refractivity contribution in [1.29, 1.82) is 0 Å². The molecule has 1 aliphatic heterocycles. The number of nitrogens with zero attached hydrogens (tertiary/aromatic N) is 1. The number of nitro groups is 1. The van der Waals surface area contributed by atoms with Crippen LogP contribution in [0.1, 0.15) is 32.3 Å². The van der Waals surface area contributed by atoms with E-state index in [-0.39, 0.29) is 29.2 Å². The van der Waals surface area contributed by atoms with Gasteiger partial charge in [-0.1, -0.05) is 18.2 Å². The molecule has 1 heterocycles. The van der Waals surface area contributed by atoms with Crippen molar-refractivity contribution < 1.29 is 29.1 Å². The Morgan fingerprint density at radius 1 is 1.27 bits per heavy atom. The largest absolute Gasteiger partial charge is 0.511 e. The lowest BCUT2D eigenvalue weighted by Gasteiger charge is -2.29. The van der Waals surface area contributed by atoms with E-state index >= 15 is 0 Å². The fourth-order valence-electron chi connectivity index (χ4n) is 2.88. The summed E-state index contributed by atoms with van der Waals surface area (Å²) in [6, 6.07) is 5.79. The Kier molecular flexibility index (Phi) is 5.61. The van der Waals surface area contributed by atoms with Crippen LogP contribution in [0.5, 0.6) is 0 Å². The number of dihydropyridines is 1. The number of ether oxygens (including phenoxy) is 2. The molecular weight excluding hydrogens is 344 g/mol. The third kappa shape index (κ3) is 3.66. The van der Waals surface area contributed by atoms with Crippen molar-refractivity contribution in [1.82, 2.24) is 5.32 Å². The molecule has 0 saturated heterocycles. The lowest BCUT2D eigenvalue weighted by Crippen LogP contribution is -2.31. The number of rotatable bonds is 5. The maximum absolute atomic E-state index is 12.5. The first-order valence-electron chi connectivity index (χ1n) is 7.77. The number of allylic oxidation sites excluding steroid dienone is 3. The predicted molar refractivity (Wildman–Crippen MR) is 90.1 cm³/mol. The maximum atomic E-state index is 12.5. The van der Waals surface area contributed by atoms with Crippen LogP contribution in [-0.4, -0.2) is 28.8 Å². The smallest absolute Gasteiger partial charge is 0.463 e. The van der Waals surface area contributed by atoms with Crippen molar-refractivity contribution in [3.63, 3.8) is 0 Å². The summed E-state index contributed by atoms with van der Waals surface area (Å²) in [6.07, 6.45) is -1.59. The minimum Gasteiger partial charge on any atom is -0.463 e. The summed E-state index contributed by atoms with van der Waals surface area (Å²) in [7, 11) is 0. The number of nitrogens with one attached hydrogen (secondary N) is 1. The monoisotopic (exact) mass is 362 g/mol. The summed E-state index contributed by atoms with van der Waals surface area (Å²) in [5.41, 5.74) is 0.677. The Morgan fingerprint density at radius 2 is 1.92 bits per heavy atom. The topological polar surface area (TPSA) is 128 Å². The predicted octanol–water partition coefficient (Wildman–Crippen LogP) is 3.04. The van der Waals surface area contributed by atoms with Crippen LogP contribution in [0, 0.1) is 10.1 Å². The number of carboxylic acid groups (broad SMARTS) is 1. The molecule has 0 aliphatic carbocycles. The molecule has 0 spiro atoms. The van der Waals surface area contributed by atoms with Gasteiger partial charge in [-0.25, -0.2) is 9.59 Å². The number of hydrogen-bond acceptors (Lipinski definition) is 7. The van der Waals surface area contributed by atoms with Crippen LogP contribution in [0.3, 0.4) is 0 Å². The van der Waals surface area contributed by atoms with Crippen molar-refractivity contribution in [3.8, 4) is 0 Å². The minimum absolute atomic E-state index is 0.0583. The highest BCUT2D eigenvalue weighted by atomic mass is 16.7. The van der Waals surface area contributed by atoms with E-state index in [2.05, 4.69) is 5.32 Å². The van der Waals surface area contributed by atoms with Gasteiger partial charge < -0.3 is 19.9 Å². The molecule has 0 fully saturated rings. The Bertz CT molecular complexity index is 826. The van der Waals surface area contributed by atoms with E-state index in [1.807, 2.05) is 0 Å². The van der Waals surface area contributed by atoms with Gasteiger partial charge in [-0.05, 0) is 20.8 Å². The molecule has 0 saturated carbocycles. The number of benzene rings is 1. The van der Waals surface area contributed by atoms with Crippen molar-refractivity contribution in [2.24, 2.45) is 0 Å². The third-order valence-corrected chi connectivity index (χ3v) is 3.84. The second-order valence-corrected chi connectivity index (χ2v) is 5.49. The minimum atomic E-state index is -1.59. The van der Waals surface area contributed by atoms with Crippen molar-refractivity contribution >= 4 is 17.8 Å². The van der Waals surface area contributed by atoms with Gasteiger partial charge in [-0.15, -0.1) is 0 Å². The van der Waals surface area contributed by atoms with Crippen molar-refractivity contribution in [3.05, 3.63) is 62.7 Å². The average Bonchev–Trinajstić information content (AvgIpc) is 2.56. The molecule has 0 bridgehead atoms. The lowest BCUT2D eigenvalue weighted by atomic mass is 9.84. The summed E-state index contributed by atoms with van der Waals surface area (Å²) in [5, 5.41) is 23.4. The zero-order valence-corrected chi connectivity index (χ0v) is 14.4. The zero-order chi connectivity index (χ0) is 19.4. The average molecular weight is 362 g/mol. The fraction of sp³-hybridized carbons (Fsp3) is 0.294. The van der Waals surface area contributed by atoms with Gasteiger partial charge in [0.1, 0.15) is 5.76 Å². The number of para-hydroxylation sites is 1. The van der Waals surface area contributed by atoms with Gasteiger partial charge in [-0.2, -0.15) is 0 Å². The molecule has 1 atom stereocenters. The Hall–Kier alpha value is -3.36. The molecule has 0 radical (unpaired) electrons. The fourth-order valence-corrected chi connectivity index (χ4v) is 2.88. The molecule has 9 nitrogen and oxygen atoms in total. The molecular formula is C17H18N2O7. The summed E-state index contributed by atoms with van der Waals surface area (Å²) >= 11 is 0. The summed E-state index contributed by atoms with van der Waals surface area (Å²) in [6.45, 7) is 4.89. The Labute approximate surface area is 149 Å². The standard InChI is InChI=1S/C17H18N2O7/c1-4-25-16(20)13-9(2)18-10(3)15(26-17(21)22)14(13)11-7-5-6-8-12(11)19(23)24/h5-8,14,18H,4H2,1-3H3,(H,21,22). The highest BCUT2D eigenvalue weighted by Crippen LogP contribution is 2.42. The van der Waals surface area contributed by atoms with Crippen molar-refractivity contribution in [2.75, 3.05) is 6.61 Å². The van der Waals surface area contributed by atoms with Gasteiger partial charge in [0, 0.05) is 17.3 Å². The molecule has 2 N–H and O–H groups in total. The number of hydrogen-bond donors (Lipinski definition) is 2. The van der Waals surface area contributed by atoms with E-state index in [4.69, 9.17) is 14.6 Å². The van der Waals surface area contributed by atoms with Gasteiger partial charge in [-0.3, -0.25) is 10.1 Å². The van der Waals surface area contributed by atoms with E-state index < -0.39 is 23.0 Å². The number of carbonyl (C=O) groups excluding carboxylic acids is 1. The molecule has 1 aromatic rings. The summed E-state index contributed by atoms with van der Waals surface area (Å²) < 4.78 is 9.94. The molecule has 1 aliphatic rings. The van der Waals surface area contributed by atoms with Crippen LogP contribution in [0.25, 0.3) is 0 Å². The third-order valence-electron chi connectivity index (χ3n) is 3.84. The van der Waals surface area contributed by atoms with Gasteiger partial charge in [0.25, 0.3) is 5.69 Å². The van der Waals surface area contributed by atoms with Crippen LogP contribution < -0.4 is 5.32 Å². The number of carbonyl (C=O) groups is 2. The second-order valence-electron chi connectivity index (χ2n) is 5.49. The summed E-state index contributed by atoms with van der Waals surface area (Å²) in [5.74, 6) is -1.91. The zero-order valence-electron chi connectivity index (χ0n) is 14.4. The first-order chi connectivity index (χ1) is 12.3. The van der Waals surface area contributed by atoms with Crippen LogP contribution >= 0.6 is 0 Å². The number of esters is 1. The molecule has 1 aromatic carbocycles. The molecule has 2 rings (SSSR count). The van der Waals surface area contributed by atoms with Crippen LogP contribution in [0.2, 0.25) is 0 Å². The Balaban J connectivity index is 2.73. The van der Waals surface area contributed by atoms with Gasteiger partial charge >= 0.3 is 12.1 Å². The van der Waals surface area contributed by atoms with E-state index in [1.54, 1.807) is 26.8 Å². The van der Waals surface area contributed by atoms with E-state index in [1.165, 1.54) is 18.2 Å². The quantitative estimate of drug-likeness (QED) is 0.465. The SMILES string of the molecule is CCOC(=O)C1=C(C)NC(C)=C(OC(=O)O)C1c1ccccc1[N+](=O)[O-]. The van der Waals surface area contributed by atoms with Gasteiger partial charge in [0.05, 0.1) is 28.7 Å². The van der Waals surface area contributed by atoms with Crippen LogP contribution in [0.4, 0.5) is 10.5 Å². The van der Waals surface area contributed by atoms with E-state index in [0.717, 1.165) is 0 Å². The van der Waals surface area contributed by atoms with E-state index in [9.17, 15) is 19.7 Å². The molecule has 138 valence electrons.